The van der Waals surface area contributed by atoms with E-state index >= 15 is 0 Å². The van der Waals surface area contributed by atoms with Gasteiger partial charge in [-0.15, -0.1) is 0 Å². The number of aliphatic carboxylic acids is 1. The monoisotopic (exact) mass is 280 g/mol. The number of aryl methyl sites for hydroxylation is 4. The molecule has 0 spiro atoms. The molecule has 102 valence electrons. The lowest BCUT2D eigenvalue weighted by atomic mass is 10.4. The SMILES string of the molecule is Cc1cnn(CCn2cc(C)nc2SCC(=O)O)c1. The number of carboxylic acids is 1. The van der Waals surface area contributed by atoms with Crippen molar-refractivity contribution in [2.75, 3.05) is 5.75 Å². The van der Waals surface area contributed by atoms with Gasteiger partial charge in [0.15, 0.2) is 5.16 Å². The third-order valence-electron chi connectivity index (χ3n) is 2.52. The lowest BCUT2D eigenvalue weighted by Gasteiger charge is -2.06. The van der Waals surface area contributed by atoms with Gasteiger partial charge in [0.2, 0.25) is 0 Å². The van der Waals surface area contributed by atoms with E-state index in [1.54, 1.807) is 0 Å². The summed E-state index contributed by atoms with van der Waals surface area (Å²) in [7, 11) is 0. The number of carbonyl (C=O) groups is 1. The van der Waals surface area contributed by atoms with E-state index in [1.807, 2.05) is 41.7 Å². The van der Waals surface area contributed by atoms with Gasteiger partial charge in [0, 0.05) is 18.9 Å². The Morgan fingerprint density at radius 2 is 2.16 bits per heavy atom. The van der Waals surface area contributed by atoms with Gasteiger partial charge in [0.1, 0.15) is 0 Å². The van der Waals surface area contributed by atoms with Crippen molar-refractivity contribution in [3.8, 4) is 0 Å². The molecule has 0 saturated carbocycles. The Hall–Kier alpha value is -1.76. The lowest BCUT2D eigenvalue weighted by Crippen LogP contribution is -2.09. The first-order chi connectivity index (χ1) is 9.04. The molecule has 6 nitrogen and oxygen atoms in total. The molecule has 2 heterocycles. The number of carboxylic acid groups (broad SMARTS) is 1. The molecular formula is C12H16N4O2S. The second kappa shape index (κ2) is 5.92. The number of aromatic nitrogens is 4. The van der Waals surface area contributed by atoms with E-state index in [1.165, 1.54) is 11.8 Å². The number of hydrogen-bond donors (Lipinski definition) is 1. The highest BCUT2D eigenvalue weighted by Gasteiger charge is 2.08. The topological polar surface area (TPSA) is 72.9 Å². The van der Waals surface area contributed by atoms with Crippen molar-refractivity contribution in [3.63, 3.8) is 0 Å². The van der Waals surface area contributed by atoms with E-state index in [9.17, 15) is 4.79 Å². The quantitative estimate of drug-likeness (QED) is 0.813. The normalized spacial score (nSPS) is 10.8. The highest BCUT2D eigenvalue weighted by molar-refractivity contribution is 7.99. The Labute approximate surface area is 115 Å². The highest BCUT2D eigenvalue weighted by Crippen LogP contribution is 2.17. The lowest BCUT2D eigenvalue weighted by molar-refractivity contribution is -0.133. The second-order valence-electron chi connectivity index (χ2n) is 4.32. The number of hydrogen-bond acceptors (Lipinski definition) is 4. The van der Waals surface area contributed by atoms with E-state index in [-0.39, 0.29) is 5.75 Å². The van der Waals surface area contributed by atoms with Crippen LogP contribution in [-0.2, 0) is 17.9 Å². The van der Waals surface area contributed by atoms with Crippen LogP contribution < -0.4 is 0 Å². The molecule has 0 amide bonds. The van der Waals surface area contributed by atoms with Crippen molar-refractivity contribution in [1.29, 1.82) is 0 Å². The van der Waals surface area contributed by atoms with E-state index in [0.717, 1.165) is 29.5 Å². The van der Waals surface area contributed by atoms with Gasteiger partial charge in [-0.05, 0) is 19.4 Å². The summed E-state index contributed by atoms with van der Waals surface area (Å²) in [5, 5.41) is 13.7. The first kappa shape index (κ1) is 13.7. The van der Waals surface area contributed by atoms with Gasteiger partial charge in [0.25, 0.3) is 0 Å². The Morgan fingerprint density at radius 3 is 2.79 bits per heavy atom. The summed E-state index contributed by atoms with van der Waals surface area (Å²) in [6.07, 6.45) is 5.73. The maximum Gasteiger partial charge on any atom is 0.313 e. The minimum Gasteiger partial charge on any atom is -0.481 e. The van der Waals surface area contributed by atoms with Crippen LogP contribution in [0.15, 0.2) is 23.7 Å². The van der Waals surface area contributed by atoms with Gasteiger partial charge in [-0.1, -0.05) is 11.8 Å². The minimum atomic E-state index is -0.833. The Morgan fingerprint density at radius 1 is 1.37 bits per heavy atom. The number of imidazole rings is 1. The van der Waals surface area contributed by atoms with Crippen LogP contribution in [0, 0.1) is 13.8 Å². The van der Waals surface area contributed by atoms with Crippen molar-refractivity contribution >= 4 is 17.7 Å². The van der Waals surface area contributed by atoms with Crippen LogP contribution in [0.1, 0.15) is 11.3 Å². The van der Waals surface area contributed by atoms with Gasteiger partial charge in [-0.3, -0.25) is 9.48 Å². The van der Waals surface area contributed by atoms with Crippen molar-refractivity contribution in [2.45, 2.75) is 32.1 Å². The molecule has 0 atom stereocenters. The number of nitrogens with zero attached hydrogens (tertiary/aromatic N) is 4. The molecule has 2 aromatic rings. The average molecular weight is 280 g/mol. The van der Waals surface area contributed by atoms with Crippen LogP contribution in [0.5, 0.6) is 0 Å². The Kier molecular flexibility index (Phi) is 4.26. The molecule has 0 radical (unpaired) electrons. The van der Waals surface area contributed by atoms with Gasteiger partial charge >= 0.3 is 5.97 Å². The summed E-state index contributed by atoms with van der Waals surface area (Å²) >= 11 is 1.24. The Bertz CT molecular complexity index is 576. The standard InChI is InChI=1S/C12H16N4O2S/c1-9-5-13-16(6-9)4-3-15-7-10(2)14-12(15)19-8-11(17)18/h5-7H,3-4,8H2,1-2H3,(H,17,18). The van der Waals surface area contributed by atoms with Crippen molar-refractivity contribution in [2.24, 2.45) is 0 Å². The molecule has 1 N–H and O–H groups in total. The molecule has 2 aromatic heterocycles. The number of rotatable bonds is 6. The first-order valence-electron chi connectivity index (χ1n) is 5.92. The summed E-state index contributed by atoms with van der Waals surface area (Å²) < 4.78 is 3.84. The van der Waals surface area contributed by atoms with Gasteiger partial charge in [0.05, 0.1) is 24.2 Å². The molecule has 2 rings (SSSR count). The first-order valence-corrected chi connectivity index (χ1v) is 6.90. The summed E-state index contributed by atoms with van der Waals surface area (Å²) in [5.74, 6) is -0.808. The highest BCUT2D eigenvalue weighted by atomic mass is 32.2. The van der Waals surface area contributed by atoms with Crippen LogP contribution in [0.25, 0.3) is 0 Å². The molecule has 0 bridgehead atoms. The van der Waals surface area contributed by atoms with Crippen LogP contribution in [0.4, 0.5) is 0 Å². The zero-order chi connectivity index (χ0) is 13.8. The molecule has 19 heavy (non-hydrogen) atoms. The molecular weight excluding hydrogens is 264 g/mol. The molecule has 0 aromatic carbocycles. The molecule has 0 saturated heterocycles. The van der Waals surface area contributed by atoms with Gasteiger partial charge in [-0.25, -0.2) is 4.98 Å². The van der Waals surface area contributed by atoms with Crippen molar-refractivity contribution < 1.29 is 9.90 Å². The van der Waals surface area contributed by atoms with Crippen LogP contribution in [0.3, 0.4) is 0 Å². The third-order valence-corrected chi connectivity index (χ3v) is 3.49. The summed E-state index contributed by atoms with van der Waals surface area (Å²) in [5.41, 5.74) is 2.02. The van der Waals surface area contributed by atoms with Crippen LogP contribution in [-0.4, -0.2) is 36.2 Å². The van der Waals surface area contributed by atoms with E-state index in [4.69, 9.17) is 5.11 Å². The summed E-state index contributed by atoms with van der Waals surface area (Å²) in [4.78, 5) is 14.9. The fourth-order valence-electron chi connectivity index (χ4n) is 1.73. The summed E-state index contributed by atoms with van der Waals surface area (Å²) in [6.45, 7) is 5.37. The number of thioether (sulfide) groups is 1. The zero-order valence-electron chi connectivity index (χ0n) is 10.9. The van der Waals surface area contributed by atoms with E-state index in [2.05, 4.69) is 10.1 Å². The molecule has 0 fully saturated rings. The minimum absolute atomic E-state index is 0.0251. The average Bonchev–Trinajstić information content (AvgIpc) is 2.90. The third kappa shape index (κ3) is 3.85. The smallest absolute Gasteiger partial charge is 0.313 e. The van der Waals surface area contributed by atoms with Crippen LogP contribution >= 0.6 is 11.8 Å². The van der Waals surface area contributed by atoms with E-state index in [0.29, 0.717) is 0 Å². The fourth-order valence-corrected chi connectivity index (χ4v) is 2.50. The van der Waals surface area contributed by atoms with Crippen molar-refractivity contribution in [1.82, 2.24) is 19.3 Å². The van der Waals surface area contributed by atoms with E-state index < -0.39 is 5.97 Å². The molecule has 7 heteroatoms. The maximum absolute atomic E-state index is 10.6. The van der Waals surface area contributed by atoms with Gasteiger partial charge in [-0.2, -0.15) is 5.10 Å². The zero-order valence-corrected chi connectivity index (χ0v) is 11.7. The maximum atomic E-state index is 10.6. The second-order valence-corrected chi connectivity index (χ2v) is 5.26. The van der Waals surface area contributed by atoms with Crippen LogP contribution in [0.2, 0.25) is 0 Å². The summed E-state index contributed by atoms with van der Waals surface area (Å²) in [6, 6.07) is 0. The van der Waals surface area contributed by atoms with Crippen molar-refractivity contribution in [3.05, 3.63) is 29.8 Å². The predicted molar refractivity (Wildman–Crippen MR) is 72.3 cm³/mol. The van der Waals surface area contributed by atoms with Gasteiger partial charge < -0.3 is 9.67 Å². The predicted octanol–water partition coefficient (Wildman–Crippen LogP) is 1.57. The fraction of sp³-hybridized carbons (Fsp3) is 0.417. The molecule has 0 aliphatic heterocycles. The molecule has 0 aliphatic rings. The molecule has 0 unspecified atom stereocenters. The Balaban J connectivity index is 2.00. The largest absolute Gasteiger partial charge is 0.481 e. The molecule has 0 aliphatic carbocycles.